The highest BCUT2D eigenvalue weighted by Gasteiger charge is 2.53. The predicted octanol–water partition coefficient (Wildman–Crippen LogP) is 4.45. The van der Waals surface area contributed by atoms with Gasteiger partial charge in [0.1, 0.15) is 12.4 Å². The van der Waals surface area contributed by atoms with Gasteiger partial charge in [0.05, 0.1) is 31.3 Å². The Morgan fingerprint density at radius 1 is 0.879 bits per heavy atom. The summed E-state index contributed by atoms with van der Waals surface area (Å²) in [4.78, 5) is 0. The normalized spacial score (nSPS) is 27.2. The first-order valence-corrected chi connectivity index (χ1v) is 11.7. The van der Waals surface area contributed by atoms with E-state index in [1.807, 2.05) is 12.1 Å². The molecule has 0 spiro atoms. The quantitative estimate of drug-likeness (QED) is 0.634. The zero-order valence-corrected chi connectivity index (χ0v) is 18.6. The Bertz CT molecular complexity index is 1090. The van der Waals surface area contributed by atoms with Gasteiger partial charge in [0, 0.05) is 11.8 Å². The molecule has 0 aromatic heterocycles. The lowest BCUT2D eigenvalue weighted by Gasteiger charge is -2.40. The number of ether oxygens (including phenoxy) is 2. The molecule has 4 atom stereocenters. The molecule has 0 bridgehead atoms. The van der Waals surface area contributed by atoms with Crippen LogP contribution in [0.5, 0.6) is 5.75 Å². The second-order valence-corrected chi connectivity index (χ2v) is 8.70. The van der Waals surface area contributed by atoms with E-state index < -0.39 is 0 Å². The molecule has 0 saturated carbocycles. The Labute approximate surface area is 195 Å². The van der Waals surface area contributed by atoms with E-state index in [9.17, 15) is 0 Å². The fourth-order valence-electron chi connectivity index (χ4n) is 5.71. The molecule has 0 heterocycles. The summed E-state index contributed by atoms with van der Waals surface area (Å²) < 4.78 is 11.4. The van der Waals surface area contributed by atoms with Crippen molar-refractivity contribution < 1.29 is 19.7 Å². The van der Waals surface area contributed by atoms with Gasteiger partial charge in [-0.05, 0) is 40.8 Å². The summed E-state index contributed by atoms with van der Waals surface area (Å²) in [6.45, 7) is 0.662. The highest BCUT2D eigenvalue weighted by Crippen LogP contribution is 2.60. The van der Waals surface area contributed by atoms with Crippen LogP contribution in [0, 0.1) is 5.92 Å². The number of rotatable bonds is 8. The summed E-state index contributed by atoms with van der Waals surface area (Å²) in [5, 5.41) is 18.2. The number of benzene rings is 2. The van der Waals surface area contributed by atoms with E-state index in [0.29, 0.717) is 12.5 Å². The average molecular weight is 443 g/mol. The summed E-state index contributed by atoms with van der Waals surface area (Å²) in [6.07, 6.45) is 16.4. The van der Waals surface area contributed by atoms with Crippen molar-refractivity contribution >= 4 is 0 Å². The Kier molecular flexibility index (Phi) is 6.32. The molecule has 0 radical (unpaired) electrons. The molecule has 5 rings (SSSR count). The molecule has 4 unspecified atom stereocenters. The van der Waals surface area contributed by atoms with E-state index in [0.717, 1.165) is 12.2 Å². The van der Waals surface area contributed by atoms with E-state index in [2.05, 4.69) is 78.9 Å². The SMILES string of the molecule is OCCOc1ccc(C2(C3=CCC(OCCO)C=C3)c3ccccc3C3C=CC=CC32)cc1. The van der Waals surface area contributed by atoms with Gasteiger partial charge in [0.25, 0.3) is 0 Å². The summed E-state index contributed by atoms with van der Waals surface area (Å²) in [6, 6.07) is 17.1. The molecule has 2 aromatic rings. The van der Waals surface area contributed by atoms with Crippen molar-refractivity contribution in [2.45, 2.75) is 23.9 Å². The number of aliphatic hydroxyl groups excluding tert-OH is 2. The fraction of sp³-hybridized carbons (Fsp3) is 0.310. The van der Waals surface area contributed by atoms with Crippen LogP contribution in [-0.2, 0) is 10.2 Å². The van der Waals surface area contributed by atoms with E-state index in [1.54, 1.807) is 0 Å². The Morgan fingerprint density at radius 3 is 2.42 bits per heavy atom. The van der Waals surface area contributed by atoms with Crippen molar-refractivity contribution in [2.24, 2.45) is 5.92 Å². The number of aliphatic hydroxyl groups is 2. The third kappa shape index (κ3) is 3.78. The van der Waals surface area contributed by atoms with Crippen LogP contribution in [0.2, 0.25) is 0 Å². The molecular formula is C29H30O4. The Hall–Kier alpha value is -2.92. The Balaban J connectivity index is 1.63. The van der Waals surface area contributed by atoms with Crippen molar-refractivity contribution in [3.63, 3.8) is 0 Å². The minimum Gasteiger partial charge on any atom is -0.491 e. The van der Waals surface area contributed by atoms with E-state index in [4.69, 9.17) is 19.7 Å². The maximum absolute atomic E-state index is 9.12. The van der Waals surface area contributed by atoms with Crippen LogP contribution < -0.4 is 4.74 Å². The third-order valence-corrected chi connectivity index (χ3v) is 6.99. The second-order valence-electron chi connectivity index (χ2n) is 8.70. The van der Waals surface area contributed by atoms with Crippen LogP contribution in [0.25, 0.3) is 0 Å². The van der Waals surface area contributed by atoms with Crippen LogP contribution in [0.3, 0.4) is 0 Å². The van der Waals surface area contributed by atoms with Gasteiger partial charge in [-0.15, -0.1) is 0 Å². The zero-order chi connectivity index (χ0) is 22.7. The molecule has 4 nitrogen and oxygen atoms in total. The predicted molar refractivity (Wildman–Crippen MR) is 129 cm³/mol. The molecule has 0 fully saturated rings. The maximum Gasteiger partial charge on any atom is 0.119 e. The zero-order valence-electron chi connectivity index (χ0n) is 18.6. The van der Waals surface area contributed by atoms with Gasteiger partial charge >= 0.3 is 0 Å². The van der Waals surface area contributed by atoms with Crippen molar-refractivity contribution in [1.82, 2.24) is 0 Å². The minimum atomic E-state index is -0.323. The van der Waals surface area contributed by atoms with Gasteiger partial charge in [-0.2, -0.15) is 0 Å². The maximum atomic E-state index is 9.12. The van der Waals surface area contributed by atoms with Gasteiger partial charge in [0.15, 0.2) is 0 Å². The van der Waals surface area contributed by atoms with E-state index >= 15 is 0 Å². The lowest BCUT2D eigenvalue weighted by atomic mass is 9.62. The fourth-order valence-corrected chi connectivity index (χ4v) is 5.71. The average Bonchev–Trinajstić information content (AvgIpc) is 3.18. The van der Waals surface area contributed by atoms with Crippen LogP contribution in [0.1, 0.15) is 29.0 Å². The first kappa shape index (κ1) is 21.9. The Morgan fingerprint density at radius 2 is 1.67 bits per heavy atom. The van der Waals surface area contributed by atoms with Crippen LogP contribution in [-0.4, -0.2) is 42.7 Å². The lowest BCUT2D eigenvalue weighted by Crippen LogP contribution is -2.36. The first-order valence-electron chi connectivity index (χ1n) is 11.7. The van der Waals surface area contributed by atoms with Crippen molar-refractivity contribution in [2.75, 3.05) is 26.4 Å². The van der Waals surface area contributed by atoms with E-state index in [1.165, 1.54) is 22.3 Å². The largest absolute Gasteiger partial charge is 0.491 e. The standard InChI is InChI=1S/C29H30O4/c30-17-19-32-23-13-9-21(10-14-23)29(22-11-15-24(16-12-22)33-20-18-31)27-7-3-1-5-25(27)26-6-2-4-8-28(26)29/h1-15,24-25,27,30-31H,16-20H2. The molecule has 3 aliphatic rings. The molecule has 0 amide bonds. The molecule has 33 heavy (non-hydrogen) atoms. The first-order chi connectivity index (χ1) is 16.3. The number of fused-ring (bicyclic) bond motifs is 3. The highest BCUT2D eigenvalue weighted by atomic mass is 16.5. The minimum absolute atomic E-state index is 0.00283. The second kappa shape index (κ2) is 9.52. The molecule has 3 aliphatic carbocycles. The summed E-state index contributed by atoms with van der Waals surface area (Å²) in [5.41, 5.74) is 4.89. The van der Waals surface area contributed by atoms with Gasteiger partial charge < -0.3 is 19.7 Å². The smallest absolute Gasteiger partial charge is 0.119 e. The lowest BCUT2D eigenvalue weighted by molar-refractivity contribution is 0.0553. The van der Waals surface area contributed by atoms with Crippen LogP contribution >= 0.6 is 0 Å². The van der Waals surface area contributed by atoms with E-state index in [-0.39, 0.29) is 37.3 Å². The van der Waals surface area contributed by atoms with Crippen molar-refractivity contribution in [3.8, 4) is 5.75 Å². The van der Waals surface area contributed by atoms with Gasteiger partial charge in [-0.25, -0.2) is 0 Å². The molecule has 170 valence electrons. The molecule has 2 N–H and O–H groups in total. The molecule has 0 aliphatic heterocycles. The monoisotopic (exact) mass is 442 g/mol. The summed E-state index contributed by atoms with van der Waals surface area (Å²) >= 11 is 0. The third-order valence-electron chi connectivity index (χ3n) is 6.99. The summed E-state index contributed by atoms with van der Waals surface area (Å²) in [7, 11) is 0. The van der Waals surface area contributed by atoms with Gasteiger partial charge in [0.2, 0.25) is 0 Å². The molecule has 4 heteroatoms. The number of hydrogen-bond donors (Lipinski definition) is 2. The van der Waals surface area contributed by atoms with Crippen LogP contribution in [0.4, 0.5) is 0 Å². The van der Waals surface area contributed by atoms with Crippen molar-refractivity contribution in [3.05, 3.63) is 113 Å². The highest BCUT2D eigenvalue weighted by molar-refractivity contribution is 5.64. The molecule has 0 saturated heterocycles. The topological polar surface area (TPSA) is 58.9 Å². The number of allylic oxidation sites excluding steroid dienone is 6. The van der Waals surface area contributed by atoms with Crippen LogP contribution in [0.15, 0.2) is 96.6 Å². The van der Waals surface area contributed by atoms with Gasteiger partial charge in [-0.1, -0.05) is 78.9 Å². The van der Waals surface area contributed by atoms with Crippen molar-refractivity contribution in [1.29, 1.82) is 0 Å². The molecular weight excluding hydrogens is 412 g/mol. The summed E-state index contributed by atoms with van der Waals surface area (Å²) in [5.74, 6) is 1.33. The molecule has 2 aromatic carbocycles. The van der Waals surface area contributed by atoms with Gasteiger partial charge in [-0.3, -0.25) is 0 Å². The number of hydrogen-bond acceptors (Lipinski definition) is 4.